The van der Waals surface area contributed by atoms with Crippen LogP contribution in [0.1, 0.15) is 11.1 Å². The lowest BCUT2D eigenvalue weighted by Gasteiger charge is -2.20. The van der Waals surface area contributed by atoms with Gasteiger partial charge in [0.05, 0.1) is 61.8 Å². The molecule has 0 unspecified atom stereocenters. The van der Waals surface area contributed by atoms with Gasteiger partial charge >= 0.3 is 6.18 Å². The minimum atomic E-state index is -4.73. The molecule has 10 aromatic carbocycles. The third-order valence-electron chi connectivity index (χ3n) is 17.4. The predicted octanol–water partition coefficient (Wildman–Crippen LogP) is 21.4. The van der Waals surface area contributed by atoms with E-state index in [1.54, 1.807) is 43.0 Å². The van der Waals surface area contributed by atoms with E-state index in [1.807, 2.05) is 155 Å². The van der Waals surface area contributed by atoms with Gasteiger partial charge in [0.1, 0.15) is 11.6 Å². The molecule has 92 heavy (non-hydrogen) atoms. The zero-order valence-corrected chi connectivity index (χ0v) is 49.1. The molecule has 0 amide bonds. The van der Waals surface area contributed by atoms with Gasteiger partial charge in [-0.1, -0.05) is 188 Å². The fraction of sp³-hybridized carbons (Fsp3) is 0.0122. The molecule has 0 N–H and O–H groups in total. The van der Waals surface area contributed by atoms with E-state index in [-0.39, 0.29) is 16.7 Å². The van der Waals surface area contributed by atoms with E-state index in [2.05, 4.69) is 103 Å². The van der Waals surface area contributed by atoms with Crippen LogP contribution in [0.2, 0.25) is 0 Å². The summed E-state index contributed by atoms with van der Waals surface area (Å²) in [4.78, 5) is 19.6. The minimum absolute atomic E-state index is 0.0345. The standard InChI is InChI=1S/C82H50F3N7/c83-82(84,85)71-32-14-13-27-61(71)60-49-76(91-72-37-33-56(62-28-15-41-87-78(62)52-19-5-1-6-20-52)45-66(72)67-46-57(34-38-73(67)91)63-29-16-42-88-79(63)53-21-7-2-8-22-53)70(51-86)77(50-60)92-74-39-35-58(64-30-17-43-89-80(64)54-23-9-3-10-24-54)47-68(74)69-48-59(36-40-75(69)92)65-31-18-44-90-81(65)55-25-11-4-12-26-55/h1-50H. The number of rotatable bonds is 11. The Bertz CT molecular complexity index is 4990. The summed E-state index contributed by atoms with van der Waals surface area (Å²) < 4.78 is 51.0. The molecule has 0 radical (unpaired) electrons. The number of hydrogen-bond acceptors (Lipinski definition) is 5. The molecule has 16 aromatic rings. The number of benzene rings is 10. The summed E-state index contributed by atoms with van der Waals surface area (Å²) in [6.45, 7) is 0. The summed E-state index contributed by atoms with van der Waals surface area (Å²) in [6.07, 6.45) is 2.46. The molecule has 10 heteroatoms. The van der Waals surface area contributed by atoms with Crippen molar-refractivity contribution in [3.8, 4) is 118 Å². The lowest BCUT2D eigenvalue weighted by atomic mass is 9.95. The van der Waals surface area contributed by atoms with Gasteiger partial charge in [0.15, 0.2) is 0 Å². The van der Waals surface area contributed by atoms with E-state index in [1.165, 1.54) is 12.1 Å². The Morgan fingerprint density at radius 3 is 0.859 bits per heavy atom. The molecule has 0 aliphatic rings. The van der Waals surface area contributed by atoms with Crippen molar-refractivity contribution in [2.45, 2.75) is 6.18 Å². The number of pyridine rings is 4. The number of hydrogen-bond donors (Lipinski definition) is 0. The van der Waals surface area contributed by atoms with Crippen molar-refractivity contribution >= 4 is 43.6 Å². The van der Waals surface area contributed by atoms with Crippen LogP contribution in [0, 0.1) is 11.3 Å². The summed E-state index contributed by atoms with van der Waals surface area (Å²) in [7, 11) is 0. The fourth-order valence-corrected chi connectivity index (χ4v) is 13.3. The fourth-order valence-electron chi connectivity index (χ4n) is 13.3. The highest BCUT2D eigenvalue weighted by Gasteiger charge is 2.34. The van der Waals surface area contributed by atoms with Crippen molar-refractivity contribution in [3.05, 3.63) is 315 Å². The van der Waals surface area contributed by atoms with Crippen LogP contribution in [0.5, 0.6) is 0 Å². The van der Waals surface area contributed by atoms with Crippen molar-refractivity contribution in [2.75, 3.05) is 0 Å². The lowest BCUT2D eigenvalue weighted by Crippen LogP contribution is -2.09. The van der Waals surface area contributed by atoms with Gasteiger partial charge in [-0.25, -0.2) is 0 Å². The summed E-state index contributed by atoms with van der Waals surface area (Å²) in [5.41, 5.74) is 17.8. The van der Waals surface area contributed by atoms with Crippen LogP contribution in [0.4, 0.5) is 13.2 Å². The number of halogens is 3. The maximum Gasteiger partial charge on any atom is 0.417 e. The third-order valence-corrected chi connectivity index (χ3v) is 17.4. The van der Waals surface area contributed by atoms with Crippen LogP contribution in [-0.2, 0) is 6.18 Å². The zero-order valence-electron chi connectivity index (χ0n) is 49.1. The summed E-state index contributed by atoms with van der Waals surface area (Å²) in [6, 6.07) is 93.3. The van der Waals surface area contributed by atoms with Crippen molar-refractivity contribution < 1.29 is 13.2 Å². The first kappa shape index (κ1) is 55.0. The molecular formula is C82H50F3N7. The first-order chi connectivity index (χ1) is 45.3. The number of fused-ring (bicyclic) bond motifs is 6. The molecule has 6 heterocycles. The average Bonchev–Trinajstić information content (AvgIpc) is 1.55. The van der Waals surface area contributed by atoms with Crippen LogP contribution < -0.4 is 0 Å². The van der Waals surface area contributed by atoms with Gasteiger partial charge in [0.25, 0.3) is 0 Å². The molecule has 0 aliphatic carbocycles. The van der Waals surface area contributed by atoms with Gasteiger partial charge in [-0.3, -0.25) is 19.9 Å². The molecule has 6 aromatic heterocycles. The molecule has 0 bridgehead atoms. The van der Waals surface area contributed by atoms with E-state index in [4.69, 9.17) is 19.9 Å². The van der Waals surface area contributed by atoms with Crippen molar-refractivity contribution in [2.24, 2.45) is 0 Å². The Labute approximate surface area is 527 Å². The predicted molar refractivity (Wildman–Crippen MR) is 365 cm³/mol. The Morgan fingerprint density at radius 1 is 0.283 bits per heavy atom. The number of nitrogens with zero attached hydrogens (tertiary/aromatic N) is 7. The van der Waals surface area contributed by atoms with Crippen LogP contribution in [-0.4, -0.2) is 29.1 Å². The van der Waals surface area contributed by atoms with Gasteiger partial charge in [0.2, 0.25) is 0 Å². The Morgan fingerprint density at radius 2 is 0.565 bits per heavy atom. The third kappa shape index (κ3) is 9.55. The van der Waals surface area contributed by atoms with Gasteiger partial charge in [-0.15, -0.1) is 0 Å². The van der Waals surface area contributed by atoms with E-state index in [0.717, 1.165) is 139 Å². The Balaban J connectivity index is 0.998. The van der Waals surface area contributed by atoms with Gasteiger partial charge in [-0.2, -0.15) is 18.4 Å². The summed E-state index contributed by atoms with van der Waals surface area (Å²) >= 11 is 0. The van der Waals surface area contributed by atoms with E-state index >= 15 is 13.2 Å². The average molecular weight is 1190 g/mol. The van der Waals surface area contributed by atoms with Crippen LogP contribution >= 0.6 is 0 Å². The molecule has 434 valence electrons. The second kappa shape index (κ2) is 22.7. The SMILES string of the molecule is N#Cc1c(-n2c3ccc(-c4cccnc4-c4ccccc4)cc3c3cc(-c4cccnc4-c4ccccc4)ccc32)cc(-c2ccccc2C(F)(F)F)cc1-n1c2ccc(-c3cccnc3-c3ccccc3)cc2c2cc(-c3cccnc3-c3ccccc3)ccc21. The summed E-state index contributed by atoms with van der Waals surface area (Å²) in [5, 5.41) is 15.6. The summed E-state index contributed by atoms with van der Waals surface area (Å²) in [5.74, 6) is 0. The van der Waals surface area contributed by atoms with E-state index in [9.17, 15) is 5.26 Å². The number of nitriles is 1. The largest absolute Gasteiger partial charge is 0.417 e. The molecule has 0 aliphatic heterocycles. The molecule has 0 saturated heterocycles. The molecule has 7 nitrogen and oxygen atoms in total. The number of aromatic nitrogens is 6. The molecule has 0 saturated carbocycles. The van der Waals surface area contributed by atoms with E-state index < -0.39 is 11.7 Å². The quantitative estimate of drug-likeness (QED) is 0.129. The minimum Gasteiger partial charge on any atom is -0.308 e. The van der Waals surface area contributed by atoms with Crippen molar-refractivity contribution in [1.82, 2.24) is 29.1 Å². The maximum atomic E-state index is 15.6. The molecule has 16 rings (SSSR count). The second-order valence-electron chi connectivity index (χ2n) is 22.7. The molecule has 0 spiro atoms. The second-order valence-corrected chi connectivity index (χ2v) is 22.7. The van der Waals surface area contributed by atoms with Gasteiger partial charge in [-0.05, 0) is 124 Å². The van der Waals surface area contributed by atoms with Gasteiger partial charge < -0.3 is 9.13 Å². The van der Waals surface area contributed by atoms with Crippen LogP contribution in [0.15, 0.2) is 304 Å². The Kier molecular flexibility index (Phi) is 13.6. The highest BCUT2D eigenvalue weighted by molar-refractivity contribution is 6.14. The molecule has 0 fully saturated rings. The lowest BCUT2D eigenvalue weighted by molar-refractivity contribution is -0.137. The molecule has 0 atom stereocenters. The zero-order chi connectivity index (χ0) is 61.9. The van der Waals surface area contributed by atoms with Crippen molar-refractivity contribution in [3.63, 3.8) is 0 Å². The first-order valence-electron chi connectivity index (χ1n) is 30.2. The van der Waals surface area contributed by atoms with Crippen LogP contribution in [0.3, 0.4) is 0 Å². The maximum absolute atomic E-state index is 15.6. The smallest absolute Gasteiger partial charge is 0.308 e. The highest BCUT2D eigenvalue weighted by Crippen LogP contribution is 2.47. The van der Waals surface area contributed by atoms with Crippen molar-refractivity contribution in [1.29, 1.82) is 5.26 Å². The van der Waals surface area contributed by atoms with Gasteiger partial charge in [0, 0.05) is 90.8 Å². The Hall–Kier alpha value is -12.3. The highest BCUT2D eigenvalue weighted by atomic mass is 19.4. The topological polar surface area (TPSA) is 85.2 Å². The van der Waals surface area contributed by atoms with Crippen LogP contribution in [0.25, 0.3) is 156 Å². The first-order valence-corrected chi connectivity index (χ1v) is 30.2. The van der Waals surface area contributed by atoms with E-state index in [0.29, 0.717) is 11.4 Å². The number of alkyl halides is 3. The normalized spacial score (nSPS) is 11.6. The monoisotopic (exact) mass is 1190 g/mol. The molecular weight excluding hydrogens is 1140 g/mol.